The number of hydrogen-bond donors (Lipinski definition) is 2. The Hall–Kier alpha value is -3.20. The fraction of sp³-hybridized carbons (Fsp3) is 0.316. The summed E-state index contributed by atoms with van der Waals surface area (Å²) in [6, 6.07) is 6.93. The van der Waals surface area contributed by atoms with Crippen molar-refractivity contribution in [1.29, 1.82) is 0 Å². The van der Waals surface area contributed by atoms with Crippen LogP contribution in [-0.4, -0.2) is 38.1 Å². The van der Waals surface area contributed by atoms with Gasteiger partial charge in [0.2, 0.25) is 0 Å². The summed E-state index contributed by atoms with van der Waals surface area (Å²) in [5.41, 5.74) is 1.74. The molecular weight excluding hydrogens is 369 g/mol. The Morgan fingerprint density at radius 2 is 1.89 bits per heavy atom. The molecule has 1 heterocycles. The molecule has 8 nitrogen and oxygen atoms in total. The molecule has 0 radical (unpaired) electrons. The maximum Gasteiger partial charge on any atom is 0.295 e. The smallest absolute Gasteiger partial charge is 0.295 e. The van der Waals surface area contributed by atoms with Crippen LogP contribution in [0.4, 0.5) is 15.8 Å². The van der Waals surface area contributed by atoms with Gasteiger partial charge in [0.25, 0.3) is 11.6 Å². The molecule has 2 aromatic carbocycles. The number of anilines is 1. The molecule has 148 valence electrons. The monoisotopic (exact) mass is 390 g/mol. The van der Waals surface area contributed by atoms with E-state index in [1.807, 2.05) is 12.1 Å². The summed E-state index contributed by atoms with van der Waals surface area (Å²) in [7, 11) is 3.16. The fourth-order valence-corrected chi connectivity index (χ4v) is 3.36. The summed E-state index contributed by atoms with van der Waals surface area (Å²) in [4.78, 5) is 23.7. The molecule has 1 aliphatic heterocycles. The number of halogens is 1. The van der Waals surface area contributed by atoms with Crippen molar-refractivity contribution in [3.8, 4) is 11.5 Å². The lowest BCUT2D eigenvalue weighted by molar-refractivity contribution is -0.907. The van der Waals surface area contributed by atoms with Crippen molar-refractivity contribution < 1.29 is 28.5 Å². The first-order valence-electron chi connectivity index (χ1n) is 8.72. The van der Waals surface area contributed by atoms with Crippen LogP contribution in [0.1, 0.15) is 11.1 Å². The number of fused-ring (bicyclic) bond motifs is 1. The second-order valence-electron chi connectivity index (χ2n) is 6.55. The van der Waals surface area contributed by atoms with E-state index in [0.29, 0.717) is 18.0 Å². The van der Waals surface area contributed by atoms with Gasteiger partial charge in [0, 0.05) is 12.0 Å². The van der Waals surface area contributed by atoms with Crippen LogP contribution in [0.2, 0.25) is 0 Å². The normalized spacial score (nSPS) is 15.5. The first-order chi connectivity index (χ1) is 13.4. The van der Waals surface area contributed by atoms with Gasteiger partial charge in [-0.25, -0.2) is 4.39 Å². The lowest BCUT2D eigenvalue weighted by Crippen LogP contribution is -3.12. The maximum atomic E-state index is 13.2. The molecule has 28 heavy (non-hydrogen) atoms. The van der Waals surface area contributed by atoms with Crippen molar-refractivity contribution >= 4 is 17.3 Å². The van der Waals surface area contributed by atoms with E-state index in [4.69, 9.17) is 9.47 Å². The fourth-order valence-electron chi connectivity index (χ4n) is 3.36. The average Bonchev–Trinajstić information content (AvgIpc) is 2.67. The van der Waals surface area contributed by atoms with Gasteiger partial charge >= 0.3 is 0 Å². The molecule has 9 heteroatoms. The van der Waals surface area contributed by atoms with Gasteiger partial charge in [-0.2, -0.15) is 0 Å². The van der Waals surface area contributed by atoms with Crippen molar-refractivity contribution in [2.45, 2.75) is 13.0 Å². The molecule has 0 aliphatic carbocycles. The molecule has 1 atom stereocenters. The highest BCUT2D eigenvalue weighted by molar-refractivity contribution is 5.93. The van der Waals surface area contributed by atoms with Crippen LogP contribution < -0.4 is 19.7 Å². The predicted molar refractivity (Wildman–Crippen MR) is 99.3 cm³/mol. The van der Waals surface area contributed by atoms with Crippen molar-refractivity contribution in [3.05, 3.63) is 57.4 Å². The molecule has 2 aromatic rings. The van der Waals surface area contributed by atoms with Gasteiger partial charge in [0.05, 0.1) is 31.8 Å². The minimum atomic E-state index is -0.729. The summed E-state index contributed by atoms with van der Waals surface area (Å²) >= 11 is 0. The SMILES string of the molecule is COc1cc2c(cc1OC)C[NH+](CC(=O)Nc1ccc(F)cc1[N+](=O)[O-])CC2. The van der Waals surface area contributed by atoms with E-state index in [1.54, 1.807) is 14.2 Å². The van der Waals surface area contributed by atoms with Crippen LogP contribution >= 0.6 is 0 Å². The van der Waals surface area contributed by atoms with E-state index in [9.17, 15) is 19.3 Å². The van der Waals surface area contributed by atoms with E-state index < -0.39 is 16.4 Å². The van der Waals surface area contributed by atoms with E-state index in [1.165, 1.54) is 6.07 Å². The second-order valence-corrected chi connectivity index (χ2v) is 6.55. The number of nitro benzene ring substituents is 1. The number of nitro groups is 1. The van der Waals surface area contributed by atoms with Gasteiger partial charge in [-0.3, -0.25) is 14.9 Å². The van der Waals surface area contributed by atoms with Crippen molar-refractivity contribution in [3.63, 3.8) is 0 Å². The molecule has 3 rings (SSSR count). The summed E-state index contributed by atoms with van der Waals surface area (Å²) in [5, 5.41) is 13.6. The number of carbonyl (C=O) groups is 1. The Kier molecular flexibility index (Phi) is 5.74. The summed E-state index contributed by atoms with van der Waals surface area (Å²) < 4.78 is 23.9. The van der Waals surface area contributed by atoms with Gasteiger partial charge in [-0.05, 0) is 29.8 Å². The van der Waals surface area contributed by atoms with E-state index >= 15 is 0 Å². The Morgan fingerprint density at radius 3 is 2.54 bits per heavy atom. The summed E-state index contributed by atoms with van der Waals surface area (Å²) in [6.45, 7) is 1.50. The number of quaternary nitrogens is 1. The van der Waals surface area contributed by atoms with E-state index in [-0.39, 0.29) is 18.1 Å². The highest BCUT2D eigenvalue weighted by atomic mass is 19.1. The largest absolute Gasteiger partial charge is 0.493 e. The third-order valence-corrected chi connectivity index (χ3v) is 4.74. The zero-order valence-corrected chi connectivity index (χ0v) is 15.6. The van der Waals surface area contributed by atoms with Crippen LogP contribution in [0.5, 0.6) is 11.5 Å². The highest BCUT2D eigenvalue weighted by Gasteiger charge is 2.25. The molecular formula is C19H21FN3O5+. The number of hydrogen-bond acceptors (Lipinski definition) is 5. The Balaban J connectivity index is 1.69. The van der Waals surface area contributed by atoms with Crippen molar-refractivity contribution in [1.82, 2.24) is 0 Å². The van der Waals surface area contributed by atoms with Crippen LogP contribution in [-0.2, 0) is 17.8 Å². The number of amides is 1. The zero-order chi connectivity index (χ0) is 20.3. The predicted octanol–water partition coefficient (Wildman–Crippen LogP) is 1.33. The number of carbonyl (C=O) groups excluding carboxylic acids is 1. The first kappa shape index (κ1) is 19.6. The number of rotatable bonds is 6. The Labute approximate surface area is 161 Å². The number of nitrogens with one attached hydrogen (secondary N) is 2. The lowest BCUT2D eigenvalue weighted by Gasteiger charge is -2.26. The molecule has 1 aliphatic rings. The van der Waals surface area contributed by atoms with Gasteiger partial charge in [-0.15, -0.1) is 0 Å². The van der Waals surface area contributed by atoms with E-state index in [2.05, 4.69) is 5.32 Å². The molecule has 0 spiro atoms. The van der Waals surface area contributed by atoms with Gasteiger partial charge in [-0.1, -0.05) is 0 Å². The van der Waals surface area contributed by atoms with Crippen LogP contribution in [0.25, 0.3) is 0 Å². The summed E-state index contributed by atoms with van der Waals surface area (Å²) in [6.07, 6.45) is 0.773. The minimum absolute atomic E-state index is 0.0142. The topological polar surface area (TPSA) is 95.1 Å². The third-order valence-electron chi connectivity index (χ3n) is 4.74. The molecule has 0 fully saturated rings. The maximum absolute atomic E-state index is 13.2. The quantitative estimate of drug-likeness (QED) is 0.573. The summed E-state index contributed by atoms with van der Waals surface area (Å²) in [5.74, 6) is 0.209. The van der Waals surface area contributed by atoms with Crippen LogP contribution in [0.15, 0.2) is 30.3 Å². The Bertz CT molecular complexity index is 919. The zero-order valence-electron chi connectivity index (χ0n) is 15.6. The standard InChI is InChI=1S/C19H20FN3O5/c1-27-17-7-12-5-6-22(10-13(12)8-18(17)28-2)11-19(24)21-15-4-3-14(20)9-16(15)23(25)26/h3-4,7-9H,5-6,10-11H2,1-2H3,(H,21,24)/p+1. The molecule has 0 aromatic heterocycles. The minimum Gasteiger partial charge on any atom is -0.493 e. The van der Waals surface area contributed by atoms with Crippen molar-refractivity contribution in [2.75, 3.05) is 32.6 Å². The lowest BCUT2D eigenvalue weighted by atomic mass is 9.99. The van der Waals surface area contributed by atoms with Crippen molar-refractivity contribution in [2.24, 2.45) is 0 Å². The number of nitrogens with zero attached hydrogens (tertiary/aromatic N) is 1. The third kappa shape index (κ3) is 4.20. The Morgan fingerprint density at radius 1 is 1.21 bits per heavy atom. The van der Waals surface area contributed by atoms with Gasteiger partial charge < -0.3 is 19.7 Å². The number of ether oxygens (including phenoxy) is 2. The van der Waals surface area contributed by atoms with E-state index in [0.717, 1.165) is 41.1 Å². The highest BCUT2D eigenvalue weighted by Crippen LogP contribution is 2.31. The average molecular weight is 390 g/mol. The number of methoxy groups -OCH3 is 2. The van der Waals surface area contributed by atoms with Gasteiger partial charge in [0.1, 0.15) is 18.0 Å². The van der Waals surface area contributed by atoms with Gasteiger partial charge in [0.15, 0.2) is 18.0 Å². The van der Waals surface area contributed by atoms with Crippen LogP contribution in [0, 0.1) is 15.9 Å². The molecule has 0 saturated carbocycles. The molecule has 2 N–H and O–H groups in total. The second kappa shape index (κ2) is 8.22. The van der Waals surface area contributed by atoms with Crippen LogP contribution in [0.3, 0.4) is 0 Å². The number of benzene rings is 2. The molecule has 1 unspecified atom stereocenters. The molecule has 0 bridgehead atoms. The first-order valence-corrected chi connectivity index (χ1v) is 8.72. The molecule has 0 saturated heterocycles. The molecule has 1 amide bonds.